The Labute approximate surface area is 78.9 Å². The van der Waals surface area contributed by atoms with Gasteiger partial charge in [0.15, 0.2) is 0 Å². The minimum absolute atomic E-state index is 0.407. The molecule has 0 aliphatic heterocycles. The van der Waals surface area contributed by atoms with E-state index in [9.17, 15) is 5.11 Å². The van der Waals surface area contributed by atoms with Crippen molar-refractivity contribution in [2.24, 2.45) is 0 Å². The molecule has 1 rings (SSSR count). The molecule has 0 fully saturated rings. The lowest BCUT2D eigenvalue weighted by atomic mass is 10.1. The van der Waals surface area contributed by atoms with Crippen LogP contribution in [-0.4, -0.2) is 11.2 Å². The molecular weight excluding hydrogens is 164 g/mol. The molecule has 0 spiro atoms. The van der Waals surface area contributed by atoms with Crippen molar-refractivity contribution in [3.8, 4) is 0 Å². The highest BCUT2D eigenvalue weighted by molar-refractivity contribution is 5.47. The summed E-state index contributed by atoms with van der Waals surface area (Å²) in [6.45, 7) is 5.68. The topological polar surface area (TPSA) is 33.4 Å². The van der Waals surface area contributed by atoms with Gasteiger partial charge in [0.1, 0.15) is 11.5 Å². The molecule has 1 N–H and O–H groups in total. The van der Waals surface area contributed by atoms with Gasteiger partial charge in [0.25, 0.3) is 0 Å². The van der Waals surface area contributed by atoms with Crippen LogP contribution in [0.2, 0.25) is 0 Å². The van der Waals surface area contributed by atoms with Gasteiger partial charge in [0, 0.05) is 6.42 Å². The zero-order valence-corrected chi connectivity index (χ0v) is 8.37. The summed E-state index contributed by atoms with van der Waals surface area (Å²) < 4.78 is 5.47. The second kappa shape index (κ2) is 4.28. The van der Waals surface area contributed by atoms with Gasteiger partial charge in [-0.25, -0.2) is 0 Å². The first kappa shape index (κ1) is 10.1. The van der Waals surface area contributed by atoms with Gasteiger partial charge in [-0.3, -0.25) is 0 Å². The predicted octanol–water partition coefficient (Wildman–Crippen LogP) is 2.63. The van der Waals surface area contributed by atoms with Gasteiger partial charge in [0.05, 0.1) is 6.10 Å². The lowest BCUT2D eigenvalue weighted by Crippen LogP contribution is -1.99. The van der Waals surface area contributed by atoms with E-state index in [-0.39, 0.29) is 0 Å². The van der Waals surface area contributed by atoms with Crippen LogP contribution < -0.4 is 0 Å². The number of aryl methyl sites for hydroxylation is 1. The van der Waals surface area contributed by atoms with Crippen LogP contribution >= 0.6 is 0 Å². The van der Waals surface area contributed by atoms with Crippen molar-refractivity contribution >= 4 is 6.08 Å². The first-order valence-corrected chi connectivity index (χ1v) is 4.58. The van der Waals surface area contributed by atoms with Crippen LogP contribution in [0, 0.1) is 0 Å². The molecule has 1 aromatic heterocycles. The van der Waals surface area contributed by atoms with Crippen LogP contribution in [0.25, 0.3) is 6.08 Å². The number of hydrogen-bond donors (Lipinski definition) is 1. The Morgan fingerprint density at radius 3 is 2.77 bits per heavy atom. The molecule has 0 aliphatic carbocycles. The average molecular weight is 180 g/mol. The third kappa shape index (κ3) is 2.74. The highest BCUT2D eigenvalue weighted by Gasteiger charge is 2.01. The molecular formula is C11H16O2. The van der Waals surface area contributed by atoms with E-state index in [0.29, 0.717) is 0 Å². The molecule has 0 amide bonds. The molecule has 72 valence electrons. The highest BCUT2D eigenvalue weighted by atomic mass is 16.3. The summed E-state index contributed by atoms with van der Waals surface area (Å²) in [5.41, 5.74) is 0.914. The van der Waals surface area contributed by atoms with Gasteiger partial charge in [0.2, 0.25) is 0 Å². The summed E-state index contributed by atoms with van der Waals surface area (Å²) >= 11 is 0. The van der Waals surface area contributed by atoms with Crippen LogP contribution in [0.4, 0.5) is 0 Å². The number of hydrogen-bond acceptors (Lipinski definition) is 2. The molecule has 0 saturated heterocycles. The van der Waals surface area contributed by atoms with Gasteiger partial charge < -0.3 is 9.52 Å². The highest BCUT2D eigenvalue weighted by Crippen LogP contribution is 2.13. The van der Waals surface area contributed by atoms with E-state index in [4.69, 9.17) is 4.42 Å². The van der Waals surface area contributed by atoms with E-state index >= 15 is 0 Å². The first-order valence-electron chi connectivity index (χ1n) is 4.58. The summed E-state index contributed by atoms with van der Waals surface area (Å²) in [6, 6.07) is 3.88. The number of rotatable bonds is 3. The molecule has 1 unspecified atom stereocenters. The van der Waals surface area contributed by atoms with Crippen LogP contribution in [-0.2, 0) is 6.42 Å². The zero-order chi connectivity index (χ0) is 9.84. The summed E-state index contributed by atoms with van der Waals surface area (Å²) in [7, 11) is 0. The fourth-order valence-corrected chi connectivity index (χ4v) is 1.01. The van der Waals surface area contributed by atoms with Crippen molar-refractivity contribution in [2.45, 2.75) is 33.3 Å². The van der Waals surface area contributed by atoms with Crippen molar-refractivity contribution in [1.29, 1.82) is 0 Å². The predicted molar refractivity (Wildman–Crippen MR) is 53.4 cm³/mol. The molecule has 0 aromatic carbocycles. The third-order valence-electron chi connectivity index (χ3n) is 2.06. The van der Waals surface area contributed by atoms with E-state index in [1.54, 1.807) is 6.92 Å². The van der Waals surface area contributed by atoms with Gasteiger partial charge >= 0.3 is 0 Å². The van der Waals surface area contributed by atoms with Gasteiger partial charge in [-0.05, 0) is 37.6 Å². The summed E-state index contributed by atoms with van der Waals surface area (Å²) in [5, 5.41) is 9.24. The normalized spacial score (nSPS) is 14.6. The minimum atomic E-state index is -0.407. The molecule has 13 heavy (non-hydrogen) atoms. The summed E-state index contributed by atoms with van der Waals surface area (Å²) in [5.74, 6) is 1.79. The maximum Gasteiger partial charge on any atom is 0.127 e. The number of aliphatic hydroxyl groups is 1. The second-order valence-corrected chi connectivity index (χ2v) is 3.22. The summed E-state index contributed by atoms with van der Waals surface area (Å²) in [6.07, 6.45) is 2.36. The first-order chi connectivity index (χ1) is 6.13. The Morgan fingerprint density at radius 2 is 2.31 bits per heavy atom. The molecule has 0 radical (unpaired) electrons. The quantitative estimate of drug-likeness (QED) is 0.775. The Morgan fingerprint density at radius 1 is 1.62 bits per heavy atom. The van der Waals surface area contributed by atoms with Crippen LogP contribution in [0.5, 0.6) is 0 Å². The SMILES string of the molecule is CCc1ccc(/C=C(/C)C(C)O)o1. The molecule has 0 saturated carbocycles. The van der Waals surface area contributed by atoms with E-state index in [2.05, 4.69) is 0 Å². The molecule has 2 heteroatoms. The van der Waals surface area contributed by atoms with Crippen molar-refractivity contribution in [3.05, 3.63) is 29.2 Å². The van der Waals surface area contributed by atoms with Crippen LogP contribution in [0.15, 0.2) is 22.1 Å². The fourth-order valence-electron chi connectivity index (χ4n) is 1.01. The minimum Gasteiger partial charge on any atom is -0.462 e. The van der Waals surface area contributed by atoms with E-state index in [1.165, 1.54) is 0 Å². The Kier molecular flexibility index (Phi) is 3.32. The van der Waals surface area contributed by atoms with Crippen LogP contribution in [0.3, 0.4) is 0 Å². The lowest BCUT2D eigenvalue weighted by molar-refractivity contribution is 0.232. The fraction of sp³-hybridized carbons (Fsp3) is 0.455. The summed E-state index contributed by atoms with van der Waals surface area (Å²) in [4.78, 5) is 0. The van der Waals surface area contributed by atoms with Crippen molar-refractivity contribution in [3.63, 3.8) is 0 Å². The molecule has 0 bridgehead atoms. The number of furan rings is 1. The van der Waals surface area contributed by atoms with E-state index in [0.717, 1.165) is 23.5 Å². The smallest absolute Gasteiger partial charge is 0.127 e. The maximum absolute atomic E-state index is 9.24. The number of aliphatic hydroxyl groups excluding tert-OH is 1. The molecule has 1 heterocycles. The van der Waals surface area contributed by atoms with E-state index < -0.39 is 6.10 Å². The van der Waals surface area contributed by atoms with Gasteiger partial charge in [-0.1, -0.05) is 6.92 Å². The molecule has 2 nitrogen and oxygen atoms in total. The average Bonchev–Trinajstić information content (AvgIpc) is 2.52. The van der Waals surface area contributed by atoms with Gasteiger partial charge in [-0.2, -0.15) is 0 Å². The van der Waals surface area contributed by atoms with Crippen molar-refractivity contribution < 1.29 is 9.52 Å². The van der Waals surface area contributed by atoms with Crippen molar-refractivity contribution in [2.75, 3.05) is 0 Å². The molecule has 1 aromatic rings. The zero-order valence-electron chi connectivity index (χ0n) is 8.37. The maximum atomic E-state index is 9.24. The van der Waals surface area contributed by atoms with E-state index in [1.807, 2.05) is 32.1 Å². The molecule has 0 aliphatic rings. The monoisotopic (exact) mass is 180 g/mol. The third-order valence-corrected chi connectivity index (χ3v) is 2.06. The van der Waals surface area contributed by atoms with Crippen molar-refractivity contribution in [1.82, 2.24) is 0 Å². The van der Waals surface area contributed by atoms with Crippen LogP contribution in [0.1, 0.15) is 32.3 Å². The standard InChI is InChI=1S/C11H16O2/c1-4-10-5-6-11(13-10)7-8(2)9(3)12/h5-7,9,12H,4H2,1-3H3/b8-7-. The molecule has 1 atom stereocenters. The Bertz CT molecular complexity index is 295. The Hall–Kier alpha value is -1.02. The van der Waals surface area contributed by atoms with Gasteiger partial charge in [-0.15, -0.1) is 0 Å². The second-order valence-electron chi connectivity index (χ2n) is 3.22. The lowest BCUT2D eigenvalue weighted by Gasteiger charge is -2.01. The largest absolute Gasteiger partial charge is 0.462 e. The Balaban J connectivity index is 2.79.